The molecule has 0 amide bonds. The second kappa shape index (κ2) is 15.7. The van der Waals surface area contributed by atoms with Crippen LogP contribution in [0.25, 0.3) is 54.5 Å². The molecule has 265 valence electrons. The molecule has 0 aliphatic heterocycles. The van der Waals surface area contributed by atoms with Crippen LogP contribution in [0.15, 0.2) is 88.6 Å². The number of aliphatic hydroxyl groups is 1. The zero-order valence-electron chi connectivity index (χ0n) is 30.7. The van der Waals surface area contributed by atoms with E-state index >= 15 is 0 Å². The van der Waals surface area contributed by atoms with Crippen LogP contribution in [0.5, 0.6) is 0 Å². The molecule has 6 rings (SSSR count). The van der Waals surface area contributed by atoms with E-state index in [0.717, 1.165) is 70.1 Å². The average molecular weight is 866 g/mol. The Balaban J connectivity index is 0.000000269. The molecule has 50 heavy (non-hydrogen) atoms. The van der Waals surface area contributed by atoms with Gasteiger partial charge in [0.2, 0.25) is 0 Å². The molecule has 7 heteroatoms. The summed E-state index contributed by atoms with van der Waals surface area (Å²) in [5.41, 5.74) is 4.02. The Labute approximate surface area is 314 Å². The van der Waals surface area contributed by atoms with Gasteiger partial charge in [-0.1, -0.05) is 91.5 Å². The van der Waals surface area contributed by atoms with Crippen LogP contribution in [0, 0.1) is 16.9 Å². The van der Waals surface area contributed by atoms with E-state index < -0.39 is 0 Å². The van der Waals surface area contributed by atoms with E-state index in [1.807, 2.05) is 66.1 Å². The third-order valence-corrected chi connectivity index (χ3v) is 11.3. The summed E-state index contributed by atoms with van der Waals surface area (Å²) in [7, 11) is 0. The fourth-order valence-corrected chi connectivity index (χ4v) is 6.73. The van der Waals surface area contributed by atoms with Gasteiger partial charge in [-0.25, -0.2) is 0 Å². The first-order chi connectivity index (χ1) is 23.3. The minimum absolute atomic E-state index is 0. The van der Waals surface area contributed by atoms with Crippen molar-refractivity contribution in [3.63, 3.8) is 0 Å². The van der Waals surface area contributed by atoms with Gasteiger partial charge in [0.15, 0.2) is 11.5 Å². The molecule has 0 atom stereocenters. The summed E-state index contributed by atoms with van der Waals surface area (Å²) in [5, 5.41) is 16.7. The van der Waals surface area contributed by atoms with E-state index in [1.165, 1.54) is 21.7 Å². The molecule has 1 N–H and O–H groups in total. The Morgan fingerprint density at radius 2 is 1.56 bits per heavy atom. The number of fused-ring (bicyclic) bond motifs is 3. The minimum Gasteiger partial charge on any atom is -0.512 e. The maximum absolute atomic E-state index is 12.2. The molecule has 1 radical (unpaired) electrons. The molecule has 4 aromatic heterocycles. The number of carbonyl (C=O) groups is 1. The third kappa shape index (κ3) is 7.96. The van der Waals surface area contributed by atoms with Crippen molar-refractivity contribution in [3.8, 4) is 22.7 Å². The van der Waals surface area contributed by atoms with Crippen molar-refractivity contribution < 1.29 is 34.4 Å². The molecule has 6 aromatic rings. The Morgan fingerprint density at radius 3 is 2.22 bits per heavy atom. The van der Waals surface area contributed by atoms with E-state index in [1.54, 1.807) is 11.3 Å². The number of aromatic nitrogens is 2. The molecule has 0 bridgehead atoms. The summed E-state index contributed by atoms with van der Waals surface area (Å²) in [6.45, 7) is 18.8. The molecule has 0 aliphatic carbocycles. The van der Waals surface area contributed by atoms with Crippen molar-refractivity contribution in [3.05, 3.63) is 95.8 Å². The van der Waals surface area contributed by atoms with Gasteiger partial charge in [0.25, 0.3) is 0 Å². The molecule has 0 fully saturated rings. The Hall–Kier alpha value is -3.64. The van der Waals surface area contributed by atoms with Crippen LogP contribution in [-0.4, -0.2) is 20.9 Å². The summed E-state index contributed by atoms with van der Waals surface area (Å²) in [6, 6.07) is 22.4. The van der Waals surface area contributed by atoms with Crippen LogP contribution in [0.1, 0.15) is 93.6 Å². The first-order valence-electron chi connectivity index (χ1n) is 17.4. The molecule has 0 saturated heterocycles. The Kier molecular flexibility index (Phi) is 12.3. The summed E-state index contributed by atoms with van der Waals surface area (Å²) >= 11 is 1.71. The number of nitrogens with zero attached hydrogens (tertiary/aromatic N) is 2. The number of benzene rings is 2. The third-order valence-electron chi connectivity index (χ3n) is 10.5. The number of ketones is 1. The zero-order chi connectivity index (χ0) is 35.6. The van der Waals surface area contributed by atoms with Crippen molar-refractivity contribution in [2.75, 3.05) is 0 Å². The van der Waals surface area contributed by atoms with E-state index in [9.17, 15) is 9.90 Å². The molecule has 0 aliphatic rings. The summed E-state index contributed by atoms with van der Waals surface area (Å²) in [6.07, 6.45) is 8.50. The van der Waals surface area contributed by atoms with Crippen molar-refractivity contribution in [2.24, 2.45) is 10.8 Å². The maximum atomic E-state index is 12.2. The summed E-state index contributed by atoms with van der Waals surface area (Å²) < 4.78 is 7.56. The second-order valence-corrected chi connectivity index (χ2v) is 15.5. The van der Waals surface area contributed by atoms with Gasteiger partial charge in [-0.2, -0.15) is 0 Å². The molecular weight excluding hydrogens is 817 g/mol. The van der Waals surface area contributed by atoms with E-state index in [-0.39, 0.29) is 47.9 Å². The number of hydrogen-bond acceptors (Lipinski definition) is 6. The monoisotopic (exact) mass is 866 g/mol. The van der Waals surface area contributed by atoms with Crippen LogP contribution >= 0.6 is 11.3 Å². The number of pyridine rings is 2. The van der Waals surface area contributed by atoms with Gasteiger partial charge in [0, 0.05) is 70.6 Å². The van der Waals surface area contributed by atoms with Gasteiger partial charge in [0.1, 0.15) is 17.0 Å². The van der Waals surface area contributed by atoms with Crippen molar-refractivity contribution in [2.45, 2.75) is 93.4 Å². The second-order valence-electron chi connectivity index (χ2n) is 14.5. The Bertz CT molecular complexity index is 2130. The first-order valence-corrected chi connectivity index (χ1v) is 18.3. The van der Waals surface area contributed by atoms with Gasteiger partial charge in [-0.05, 0) is 60.7 Å². The van der Waals surface area contributed by atoms with E-state index in [2.05, 4.69) is 79.7 Å². The Morgan fingerprint density at radius 1 is 0.880 bits per heavy atom. The fourth-order valence-electron chi connectivity index (χ4n) is 5.93. The maximum Gasteiger partial charge on any atom is 0.164 e. The van der Waals surface area contributed by atoms with Crippen LogP contribution in [0.2, 0.25) is 0 Å². The predicted molar refractivity (Wildman–Crippen MR) is 206 cm³/mol. The molecule has 0 spiro atoms. The van der Waals surface area contributed by atoms with E-state index in [0.29, 0.717) is 0 Å². The average Bonchev–Trinajstić information content (AvgIpc) is 3.77. The first kappa shape index (κ1) is 39.2. The van der Waals surface area contributed by atoms with Crippen molar-refractivity contribution >= 4 is 48.9 Å². The number of allylic oxidation sites excluding steroid dienone is 2. The molecule has 2 aromatic carbocycles. The van der Waals surface area contributed by atoms with Gasteiger partial charge >= 0.3 is 0 Å². The predicted octanol–water partition coefficient (Wildman–Crippen LogP) is 12.7. The van der Waals surface area contributed by atoms with Gasteiger partial charge in [0.05, 0.1) is 0 Å². The molecule has 0 unspecified atom stereocenters. The number of rotatable bonds is 9. The van der Waals surface area contributed by atoms with Crippen molar-refractivity contribution in [1.82, 2.24) is 9.97 Å². The van der Waals surface area contributed by atoms with Crippen molar-refractivity contribution in [1.29, 1.82) is 0 Å². The van der Waals surface area contributed by atoms with Crippen LogP contribution in [0.4, 0.5) is 0 Å². The fraction of sp³-hybridized carbons (Fsp3) is 0.372. The van der Waals surface area contributed by atoms with E-state index in [4.69, 9.17) is 9.40 Å². The summed E-state index contributed by atoms with van der Waals surface area (Å²) in [4.78, 5) is 21.5. The smallest absolute Gasteiger partial charge is 0.164 e. The van der Waals surface area contributed by atoms with Gasteiger partial charge in [-0.15, -0.1) is 40.5 Å². The summed E-state index contributed by atoms with van der Waals surface area (Å²) in [5.74, 6) is 1.04. The van der Waals surface area contributed by atoms with Gasteiger partial charge < -0.3 is 9.52 Å². The number of thiophene rings is 1. The van der Waals surface area contributed by atoms with Crippen LogP contribution in [-0.2, 0) is 30.3 Å². The van der Waals surface area contributed by atoms with Crippen LogP contribution < -0.4 is 0 Å². The number of carbonyl (C=O) groups excluding carboxylic acids is 1. The SMILES string of the molecule is CC(C)(C)c1cc(-c2nccc3cc(-c4cc5sccc5cn4)oc23)[c-]c2ccccc12.CCC(C)(CC)C(=O)/C=C(\O)C(C)(CC)CC.[Ir]. The number of aliphatic hydroxyl groups excluding tert-OH is 1. The molecule has 0 saturated carbocycles. The normalized spacial score (nSPS) is 12.5. The molecule has 4 heterocycles. The quantitative estimate of drug-likeness (QED) is 0.0890. The standard InChI is InChI=1S/C28H21N2OS.C15H28O2.Ir/c1-28(2,3)22-13-20(12-17-6-4-5-7-21(17)22)26-27-18(8-10-29-26)14-24(31-27)23-15-25-19(16-30-23)9-11-32-25;1-7-14(5,8-2)12(16)11-13(17)15(6,9-3)10-4;/h4-11,13-16H,1-3H3;11,16H,7-10H2,1-6H3;/q-1;;/b;12-11-;. The number of hydrogen-bond donors (Lipinski definition) is 1. The number of furan rings is 1. The largest absolute Gasteiger partial charge is 0.512 e. The molecule has 5 nitrogen and oxygen atoms in total. The topological polar surface area (TPSA) is 76.2 Å². The zero-order valence-corrected chi connectivity index (χ0v) is 33.9. The molecular formula is C43H49IrN2O3S-. The van der Waals surface area contributed by atoms with Gasteiger partial charge in [-0.3, -0.25) is 14.8 Å². The van der Waals surface area contributed by atoms with Crippen LogP contribution in [0.3, 0.4) is 0 Å². The minimum atomic E-state index is -0.337.